The first-order chi connectivity index (χ1) is 9.51. The number of rotatable bonds is 3. The lowest BCUT2D eigenvalue weighted by molar-refractivity contribution is 0.344. The van der Waals surface area contributed by atoms with Gasteiger partial charge in [-0.3, -0.25) is 0 Å². The lowest BCUT2D eigenvalue weighted by Crippen LogP contribution is -1.86. The largest absolute Gasteiger partial charge is 0.508 e. The molecule has 0 atom stereocenters. The zero-order valence-corrected chi connectivity index (χ0v) is 10.7. The number of phenols is 4. The van der Waals surface area contributed by atoms with E-state index in [0.29, 0.717) is 11.1 Å². The molecule has 0 aromatic heterocycles. The molecule has 20 heavy (non-hydrogen) atoms. The fourth-order valence-electron chi connectivity index (χ4n) is 1.81. The van der Waals surface area contributed by atoms with Crippen molar-refractivity contribution in [1.82, 2.24) is 0 Å². The summed E-state index contributed by atoms with van der Waals surface area (Å²) < 4.78 is 4.89. The Balaban J connectivity index is 2.36. The number of phenolic OH excluding ortho intramolecular Hbond substituents is 4. The van der Waals surface area contributed by atoms with Gasteiger partial charge in [-0.1, -0.05) is 12.2 Å². The molecule has 0 spiro atoms. The van der Waals surface area contributed by atoms with Crippen LogP contribution in [0.25, 0.3) is 12.2 Å². The SMILES string of the molecule is COc1c(O)ccc(C=Cc2cc(O)cc(O)c2)c1O. The minimum absolute atomic E-state index is 0.00842. The van der Waals surface area contributed by atoms with Gasteiger partial charge >= 0.3 is 0 Å². The molecule has 2 aromatic carbocycles. The van der Waals surface area contributed by atoms with Gasteiger partial charge < -0.3 is 25.2 Å². The molecule has 0 saturated heterocycles. The summed E-state index contributed by atoms with van der Waals surface area (Å²) >= 11 is 0. The molecular weight excluding hydrogens is 260 g/mol. The molecule has 2 aromatic rings. The van der Waals surface area contributed by atoms with E-state index in [9.17, 15) is 20.4 Å². The van der Waals surface area contributed by atoms with E-state index in [2.05, 4.69) is 0 Å². The highest BCUT2D eigenvalue weighted by Crippen LogP contribution is 2.38. The first-order valence-corrected chi connectivity index (χ1v) is 5.81. The summed E-state index contributed by atoms with van der Waals surface area (Å²) in [6.07, 6.45) is 3.18. The molecule has 0 radical (unpaired) electrons. The van der Waals surface area contributed by atoms with E-state index in [0.717, 1.165) is 0 Å². The Kier molecular flexibility index (Phi) is 3.70. The Morgan fingerprint density at radius 2 is 1.55 bits per heavy atom. The lowest BCUT2D eigenvalue weighted by atomic mass is 10.1. The zero-order valence-electron chi connectivity index (χ0n) is 10.7. The number of hydrogen-bond acceptors (Lipinski definition) is 5. The fraction of sp³-hybridized carbons (Fsp3) is 0.0667. The van der Waals surface area contributed by atoms with E-state index in [1.807, 2.05) is 0 Å². The smallest absolute Gasteiger partial charge is 0.203 e. The topological polar surface area (TPSA) is 90.2 Å². The molecule has 104 valence electrons. The van der Waals surface area contributed by atoms with Crippen LogP contribution in [-0.4, -0.2) is 27.5 Å². The molecule has 5 nitrogen and oxygen atoms in total. The van der Waals surface area contributed by atoms with Crippen LogP contribution in [0.15, 0.2) is 30.3 Å². The minimum Gasteiger partial charge on any atom is -0.508 e. The van der Waals surface area contributed by atoms with Crippen molar-refractivity contribution in [3.05, 3.63) is 41.5 Å². The van der Waals surface area contributed by atoms with Gasteiger partial charge in [0.05, 0.1) is 7.11 Å². The van der Waals surface area contributed by atoms with Gasteiger partial charge in [0.15, 0.2) is 11.5 Å². The van der Waals surface area contributed by atoms with Crippen molar-refractivity contribution in [2.24, 2.45) is 0 Å². The van der Waals surface area contributed by atoms with Crippen molar-refractivity contribution in [3.63, 3.8) is 0 Å². The predicted octanol–water partition coefficient (Wildman–Crippen LogP) is 2.69. The van der Waals surface area contributed by atoms with E-state index >= 15 is 0 Å². The van der Waals surface area contributed by atoms with Crippen LogP contribution in [0.4, 0.5) is 0 Å². The number of aromatic hydroxyl groups is 4. The first kappa shape index (κ1) is 13.6. The van der Waals surface area contributed by atoms with E-state index < -0.39 is 0 Å². The quantitative estimate of drug-likeness (QED) is 0.646. The summed E-state index contributed by atoms with van der Waals surface area (Å²) in [5.41, 5.74) is 0.997. The van der Waals surface area contributed by atoms with Crippen LogP contribution in [0.1, 0.15) is 11.1 Å². The van der Waals surface area contributed by atoms with Gasteiger partial charge in [0.2, 0.25) is 5.75 Å². The highest BCUT2D eigenvalue weighted by Gasteiger charge is 2.10. The second kappa shape index (κ2) is 5.44. The molecule has 4 N–H and O–H groups in total. The van der Waals surface area contributed by atoms with Crippen molar-refractivity contribution in [1.29, 1.82) is 0 Å². The van der Waals surface area contributed by atoms with Crippen molar-refractivity contribution in [3.8, 4) is 28.7 Å². The van der Waals surface area contributed by atoms with Crippen LogP contribution in [0, 0.1) is 0 Å². The standard InChI is InChI=1S/C15H14O5/c1-20-15-13(18)5-4-10(14(15)19)3-2-9-6-11(16)8-12(17)7-9/h2-8,16-19H,1H3. The summed E-state index contributed by atoms with van der Waals surface area (Å²) in [6, 6.07) is 7.07. The second-order valence-corrected chi connectivity index (χ2v) is 4.17. The highest BCUT2D eigenvalue weighted by atomic mass is 16.5. The minimum atomic E-state index is -0.187. The Labute approximate surface area is 115 Å². The van der Waals surface area contributed by atoms with Gasteiger partial charge in [-0.05, 0) is 29.8 Å². The van der Waals surface area contributed by atoms with Crippen LogP contribution in [-0.2, 0) is 0 Å². The first-order valence-electron chi connectivity index (χ1n) is 5.81. The molecule has 0 saturated carbocycles. The third-order valence-corrected chi connectivity index (χ3v) is 2.73. The average Bonchev–Trinajstić information content (AvgIpc) is 2.37. The monoisotopic (exact) mass is 274 g/mol. The van der Waals surface area contributed by atoms with Gasteiger partial charge in [0, 0.05) is 11.6 Å². The van der Waals surface area contributed by atoms with Gasteiger partial charge in [-0.2, -0.15) is 0 Å². The molecule has 0 fully saturated rings. The van der Waals surface area contributed by atoms with Crippen LogP contribution in [0.3, 0.4) is 0 Å². The summed E-state index contributed by atoms with van der Waals surface area (Å²) in [4.78, 5) is 0. The molecule has 5 heteroatoms. The maximum Gasteiger partial charge on any atom is 0.203 e. The van der Waals surface area contributed by atoms with Gasteiger partial charge in [0.25, 0.3) is 0 Å². The van der Waals surface area contributed by atoms with Crippen LogP contribution >= 0.6 is 0 Å². The molecule has 2 rings (SSSR count). The normalized spacial score (nSPS) is 10.8. The van der Waals surface area contributed by atoms with Crippen molar-refractivity contribution in [2.75, 3.05) is 7.11 Å². The van der Waals surface area contributed by atoms with E-state index in [-0.39, 0.29) is 28.7 Å². The van der Waals surface area contributed by atoms with Crippen LogP contribution < -0.4 is 4.74 Å². The summed E-state index contributed by atoms with van der Waals surface area (Å²) in [6.45, 7) is 0. The molecule has 0 bridgehead atoms. The average molecular weight is 274 g/mol. The summed E-state index contributed by atoms with van der Waals surface area (Å²) in [5.74, 6) is -0.467. The van der Waals surface area contributed by atoms with E-state index in [4.69, 9.17) is 4.74 Å². The second-order valence-electron chi connectivity index (χ2n) is 4.17. The van der Waals surface area contributed by atoms with Gasteiger partial charge in [0.1, 0.15) is 11.5 Å². The third-order valence-electron chi connectivity index (χ3n) is 2.73. The van der Waals surface area contributed by atoms with Gasteiger partial charge in [-0.25, -0.2) is 0 Å². The Bertz CT molecular complexity index is 641. The fourth-order valence-corrected chi connectivity index (χ4v) is 1.81. The van der Waals surface area contributed by atoms with E-state index in [1.165, 1.54) is 37.4 Å². The Hall–Kier alpha value is -2.82. The molecule has 0 aliphatic heterocycles. The lowest BCUT2D eigenvalue weighted by Gasteiger charge is -2.07. The molecule has 0 amide bonds. The number of ether oxygens (including phenoxy) is 1. The maximum absolute atomic E-state index is 9.92. The Morgan fingerprint density at radius 3 is 2.15 bits per heavy atom. The molecule has 0 heterocycles. The van der Waals surface area contributed by atoms with Crippen molar-refractivity contribution < 1.29 is 25.2 Å². The number of benzene rings is 2. The molecule has 0 unspecified atom stereocenters. The molecular formula is C15H14O5. The zero-order chi connectivity index (χ0) is 14.7. The third kappa shape index (κ3) is 2.77. The number of hydrogen-bond donors (Lipinski definition) is 4. The van der Waals surface area contributed by atoms with Gasteiger partial charge in [-0.15, -0.1) is 0 Å². The highest BCUT2D eigenvalue weighted by molar-refractivity contribution is 5.76. The van der Waals surface area contributed by atoms with Crippen molar-refractivity contribution >= 4 is 12.2 Å². The van der Waals surface area contributed by atoms with E-state index in [1.54, 1.807) is 12.2 Å². The maximum atomic E-state index is 9.92. The van der Waals surface area contributed by atoms with Crippen molar-refractivity contribution in [2.45, 2.75) is 0 Å². The predicted molar refractivity (Wildman–Crippen MR) is 75.0 cm³/mol. The molecule has 0 aliphatic rings. The van der Waals surface area contributed by atoms with Crippen LogP contribution in [0.5, 0.6) is 28.7 Å². The molecule has 0 aliphatic carbocycles. The Morgan fingerprint density at radius 1 is 0.900 bits per heavy atom. The van der Waals surface area contributed by atoms with Crippen LogP contribution in [0.2, 0.25) is 0 Å². The summed E-state index contributed by atoms with van der Waals surface area (Å²) in [5, 5.41) is 38.2. The summed E-state index contributed by atoms with van der Waals surface area (Å²) in [7, 11) is 1.34. The number of methoxy groups -OCH3 is 1.